The maximum Gasteiger partial charge on any atom is 0.328 e. The zero-order chi connectivity index (χ0) is 50.8. The zero-order valence-corrected chi connectivity index (χ0v) is 43.6. The van der Waals surface area contributed by atoms with Crippen LogP contribution in [0.3, 0.4) is 0 Å². The Labute approximate surface area is 432 Å². The molecular weight excluding hydrogens is 942 g/mol. The maximum atomic E-state index is 14.8. The van der Waals surface area contributed by atoms with Crippen LogP contribution in [-0.2, 0) is 16.1 Å². The van der Waals surface area contributed by atoms with Gasteiger partial charge in [0.1, 0.15) is 23.2 Å². The lowest BCUT2D eigenvalue weighted by molar-refractivity contribution is -0.138. The number of rotatable bonds is 13. The number of carbonyl (C=O) groups excluding carboxylic acids is 4. The van der Waals surface area contributed by atoms with Crippen LogP contribution in [0, 0.1) is 30.0 Å². The molecule has 0 radical (unpaired) electrons. The van der Waals surface area contributed by atoms with E-state index in [0.29, 0.717) is 36.3 Å². The fourth-order valence-electron chi connectivity index (χ4n) is 12.5. The fraction of sp³-hybridized carbons (Fsp3) is 0.509. The first-order valence-electron chi connectivity index (χ1n) is 26.5. The molecule has 2 aromatic heterocycles. The van der Waals surface area contributed by atoms with Gasteiger partial charge in [0.25, 0.3) is 5.91 Å². The van der Waals surface area contributed by atoms with Gasteiger partial charge in [-0.15, -0.1) is 11.3 Å². The monoisotopic (exact) mass is 1010 g/mol. The standard InChI is InChI=1S/C57H70FN9O5S/c1-36(51-30-43(35-73-51)44-8-6-5-7-42(44)33-59-3)60-53-46-31-45(50(72-4)32-48(46)61-37(2)62-53)39-9-11-40(12-10-39)54(69)66-27-25-64(26-28-66)34-38-15-18-57(19-16-38)20-23-65(24-21-57)55(70)41-13-14-47(58)49(29-41)67-22-17-52(68)63-56(67)71/h5-8,13-14,29-32,35-36,38-40,59H,9-12,15-28,33-34H2,1-4H3,(H,60,61,62)(H,63,68,71)/t36-,39?,40?/m1/s1. The number of piperidine rings is 1. The summed E-state index contributed by atoms with van der Waals surface area (Å²) in [6.45, 7) is 10.8. The Bertz CT molecular complexity index is 2840. The number of hydrogen-bond donors (Lipinski definition) is 3. The van der Waals surface area contributed by atoms with Crippen LogP contribution < -0.4 is 25.6 Å². The first-order chi connectivity index (χ1) is 35.4. The maximum absolute atomic E-state index is 14.8. The summed E-state index contributed by atoms with van der Waals surface area (Å²) in [5.74, 6) is 2.47. The number of nitrogens with zero attached hydrogens (tertiary/aromatic N) is 6. The Kier molecular flexibility index (Phi) is 15.1. The number of aryl methyl sites for hydroxylation is 1. The molecule has 0 bridgehead atoms. The molecule has 3 N–H and O–H groups in total. The second kappa shape index (κ2) is 21.9. The largest absolute Gasteiger partial charge is 0.496 e. The van der Waals surface area contributed by atoms with Crippen molar-refractivity contribution < 1.29 is 28.3 Å². The molecular formula is C57H70FN9O5S. The number of aromatic nitrogens is 2. The molecule has 5 fully saturated rings. The van der Waals surface area contributed by atoms with Crippen LogP contribution in [0.2, 0.25) is 0 Å². The number of thiophene rings is 1. The zero-order valence-electron chi connectivity index (χ0n) is 42.8. The molecule has 0 unspecified atom stereocenters. The number of urea groups is 1. The summed E-state index contributed by atoms with van der Waals surface area (Å²) in [6.07, 6.45) is 10.2. The molecule has 1 atom stereocenters. The predicted molar refractivity (Wildman–Crippen MR) is 285 cm³/mol. The Hall–Kier alpha value is -5.97. The second-order valence-corrected chi connectivity index (χ2v) is 22.3. The molecule has 2 aliphatic carbocycles. The lowest BCUT2D eigenvalue weighted by atomic mass is 9.65. The lowest BCUT2D eigenvalue weighted by Crippen LogP contribution is -2.52. The van der Waals surface area contributed by atoms with E-state index in [1.54, 1.807) is 18.4 Å². The van der Waals surface area contributed by atoms with Crippen LogP contribution in [0.4, 0.5) is 20.7 Å². The highest BCUT2D eigenvalue weighted by Gasteiger charge is 2.40. The number of carbonyl (C=O) groups is 4. The van der Waals surface area contributed by atoms with Gasteiger partial charge in [-0.25, -0.2) is 19.2 Å². The van der Waals surface area contributed by atoms with Gasteiger partial charge in [0.15, 0.2) is 0 Å². The number of fused-ring (bicyclic) bond motifs is 1. The Morgan fingerprint density at radius 2 is 1.64 bits per heavy atom. The van der Waals surface area contributed by atoms with Crippen molar-refractivity contribution in [2.24, 2.45) is 17.3 Å². The van der Waals surface area contributed by atoms with Crippen molar-refractivity contribution in [2.45, 2.75) is 103 Å². The van der Waals surface area contributed by atoms with E-state index in [1.165, 1.54) is 57.5 Å². The summed E-state index contributed by atoms with van der Waals surface area (Å²) >= 11 is 1.76. The highest BCUT2D eigenvalue weighted by atomic mass is 32.1. The number of halogens is 1. The third-order valence-electron chi connectivity index (χ3n) is 16.8. The smallest absolute Gasteiger partial charge is 0.328 e. The van der Waals surface area contributed by atoms with Gasteiger partial charge >= 0.3 is 6.03 Å². The van der Waals surface area contributed by atoms with Gasteiger partial charge in [0, 0.05) is 93.1 Å². The summed E-state index contributed by atoms with van der Waals surface area (Å²) in [4.78, 5) is 70.5. The minimum absolute atomic E-state index is 0.0145. The number of likely N-dealkylation sites (tertiary alicyclic amines) is 1. The van der Waals surface area contributed by atoms with E-state index in [1.807, 2.05) is 18.9 Å². The van der Waals surface area contributed by atoms with Crippen LogP contribution in [0.5, 0.6) is 5.75 Å². The van der Waals surface area contributed by atoms with E-state index in [2.05, 4.69) is 80.5 Å². The summed E-state index contributed by atoms with van der Waals surface area (Å²) in [7, 11) is 3.72. The molecule has 73 heavy (non-hydrogen) atoms. The molecule has 2 saturated carbocycles. The first kappa shape index (κ1) is 50.6. The number of hydrogen-bond acceptors (Lipinski definition) is 11. The van der Waals surface area contributed by atoms with Crippen molar-refractivity contribution in [2.75, 3.05) is 76.7 Å². The fourth-order valence-corrected chi connectivity index (χ4v) is 13.4. The highest BCUT2D eigenvalue weighted by molar-refractivity contribution is 7.10. The van der Waals surface area contributed by atoms with Crippen molar-refractivity contribution in [1.82, 2.24) is 35.3 Å². The molecule has 3 aromatic carbocycles. The van der Waals surface area contributed by atoms with Crippen LogP contribution in [0.15, 0.2) is 66.0 Å². The van der Waals surface area contributed by atoms with Crippen LogP contribution in [0.25, 0.3) is 22.0 Å². The van der Waals surface area contributed by atoms with Gasteiger partial charge < -0.3 is 25.2 Å². The van der Waals surface area contributed by atoms with Gasteiger partial charge in [0.05, 0.1) is 24.4 Å². The number of amides is 5. The van der Waals surface area contributed by atoms with Crippen LogP contribution in [0.1, 0.15) is 122 Å². The van der Waals surface area contributed by atoms with E-state index >= 15 is 0 Å². The number of ether oxygens (including phenoxy) is 1. The number of piperazine rings is 1. The topological polar surface area (TPSA) is 152 Å². The van der Waals surface area contributed by atoms with Gasteiger partial charge in [-0.3, -0.25) is 29.5 Å². The Morgan fingerprint density at radius 1 is 0.890 bits per heavy atom. The number of methoxy groups -OCH3 is 1. The van der Waals surface area contributed by atoms with E-state index in [4.69, 9.17) is 14.7 Å². The normalized spacial score (nSPS) is 21.4. The van der Waals surface area contributed by atoms with Crippen LogP contribution >= 0.6 is 11.3 Å². The molecule has 3 saturated heterocycles. The molecule has 5 aromatic rings. The summed E-state index contributed by atoms with van der Waals surface area (Å²) < 4.78 is 20.8. The third-order valence-corrected chi connectivity index (χ3v) is 17.9. The summed E-state index contributed by atoms with van der Waals surface area (Å²) in [5, 5.41) is 12.5. The van der Waals surface area contributed by atoms with Crippen molar-refractivity contribution in [1.29, 1.82) is 0 Å². The van der Waals surface area contributed by atoms with E-state index in [0.717, 1.165) is 119 Å². The molecule has 10 rings (SSSR count). The van der Waals surface area contributed by atoms with Crippen LogP contribution in [-0.4, -0.2) is 115 Å². The van der Waals surface area contributed by atoms with Crippen molar-refractivity contribution in [3.63, 3.8) is 0 Å². The number of benzene rings is 3. The third kappa shape index (κ3) is 11.0. The van der Waals surface area contributed by atoms with Crippen molar-refractivity contribution >= 4 is 57.5 Å². The SMILES string of the molecule is CNCc1ccccc1-c1csc([C@@H](C)Nc2nc(C)nc3cc(OC)c(C4CCC(C(=O)N5CCN(CC6CCC7(CC6)CCN(C(=O)c6ccc(F)c(N8CCC(=O)NC8=O)c6)CC7)CC5)CC4)cc23)c1. The van der Waals surface area contributed by atoms with Gasteiger partial charge in [0.2, 0.25) is 11.8 Å². The lowest BCUT2D eigenvalue weighted by Gasteiger charge is -2.47. The van der Waals surface area contributed by atoms with Crippen molar-refractivity contribution in [3.05, 3.63) is 99.3 Å². The first-order valence-corrected chi connectivity index (χ1v) is 27.4. The molecule has 16 heteroatoms. The number of anilines is 2. The average Bonchev–Trinajstić information content (AvgIpc) is 3.91. The van der Waals surface area contributed by atoms with E-state index in [9.17, 15) is 23.6 Å². The molecule has 14 nitrogen and oxygen atoms in total. The van der Waals surface area contributed by atoms with Gasteiger partial charge in [-0.1, -0.05) is 24.3 Å². The summed E-state index contributed by atoms with van der Waals surface area (Å²) in [6, 6.07) is 18.7. The highest BCUT2D eigenvalue weighted by Crippen LogP contribution is 2.47. The van der Waals surface area contributed by atoms with E-state index < -0.39 is 17.8 Å². The second-order valence-electron chi connectivity index (χ2n) is 21.4. The van der Waals surface area contributed by atoms with E-state index in [-0.39, 0.29) is 47.9 Å². The quantitative estimate of drug-likeness (QED) is 0.104. The average molecular weight is 1010 g/mol. The Balaban J connectivity index is 0.684. The minimum Gasteiger partial charge on any atom is -0.496 e. The number of nitrogens with one attached hydrogen (secondary N) is 3. The molecule has 3 aliphatic heterocycles. The predicted octanol–water partition coefficient (Wildman–Crippen LogP) is 9.68. The molecule has 5 heterocycles. The molecule has 5 amide bonds. The minimum atomic E-state index is -0.676. The van der Waals surface area contributed by atoms with Gasteiger partial charge in [-0.05, 0) is 160 Å². The Morgan fingerprint density at radius 3 is 2.37 bits per heavy atom. The summed E-state index contributed by atoms with van der Waals surface area (Å²) in [5.41, 5.74) is 6.37. The van der Waals surface area contributed by atoms with Gasteiger partial charge in [-0.2, -0.15) is 0 Å². The molecule has 1 spiro atoms. The molecule has 386 valence electrons. The molecule has 5 aliphatic rings. The number of imide groups is 1. The van der Waals surface area contributed by atoms with Crippen molar-refractivity contribution in [3.8, 4) is 16.9 Å².